The number of hydrogen-bond acceptors (Lipinski definition) is 6. The molecule has 63 heavy (non-hydrogen) atoms. The molecule has 13 rings (SSSR count). The Bertz CT molecular complexity index is 3780. The molecule has 0 saturated heterocycles. The molecule has 0 amide bonds. The Hall–Kier alpha value is -8.75. The van der Waals surface area contributed by atoms with Crippen LogP contribution in [-0.2, 0) is 0 Å². The summed E-state index contributed by atoms with van der Waals surface area (Å²) in [6, 6.07) is 56.8. The van der Waals surface area contributed by atoms with Crippen LogP contribution in [0.4, 0.5) is 0 Å². The van der Waals surface area contributed by atoms with Crippen LogP contribution in [0.2, 0.25) is 0 Å². The van der Waals surface area contributed by atoms with Gasteiger partial charge in [0.1, 0.15) is 22.2 Å². The first kappa shape index (κ1) is 35.0. The molecule has 0 fully saturated rings. The maximum absolute atomic E-state index is 6.20. The molecule has 0 N–H and O–H groups in total. The topological polar surface area (TPSA) is 87.5 Å². The van der Waals surface area contributed by atoms with Gasteiger partial charge in [0.05, 0.1) is 33.5 Å². The van der Waals surface area contributed by atoms with E-state index in [0.717, 1.165) is 122 Å². The molecule has 8 heteroatoms. The van der Waals surface area contributed by atoms with Crippen LogP contribution in [0.5, 0.6) is 0 Å². The van der Waals surface area contributed by atoms with E-state index < -0.39 is 0 Å². The molecule has 0 spiro atoms. The average Bonchev–Trinajstić information content (AvgIpc) is 4.01. The predicted molar refractivity (Wildman–Crippen MR) is 253 cm³/mol. The van der Waals surface area contributed by atoms with Crippen molar-refractivity contribution in [2.75, 3.05) is 0 Å². The smallest absolute Gasteiger partial charge is 0.135 e. The summed E-state index contributed by atoms with van der Waals surface area (Å²) in [5.41, 5.74) is 17.2. The van der Waals surface area contributed by atoms with Gasteiger partial charge in [-0.3, -0.25) is 15.0 Å². The molecule has 0 aliphatic carbocycles. The number of rotatable bonds is 6. The van der Waals surface area contributed by atoms with Gasteiger partial charge in [0.15, 0.2) is 0 Å². The number of benzene rings is 5. The Morgan fingerprint density at radius 1 is 0.333 bits per heavy atom. The zero-order valence-electron chi connectivity index (χ0n) is 33.6. The first-order valence-corrected chi connectivity index (χ1v) is 20.9. The second-order valence-corrected chi connectivity index (χ2v) is 15.8. The highest BCUT2D eigenvalue weighted by Crippen LogP contribution is 2.39. The fourth-order valence-corrected chi connectivity index (χ4v) is 9.20. The van der Waals surface area contributed by atoms with E-state index in [1.807, 2.05) is 85.7 Å². The fourth-order valence-electron chi connectivity index (χ4n) is 9.20. The van der Waals surface area contributed by atoms with Crippen LogP contribution >= 0.6 is 0 Å². The van der Waals surface area contributed by atoms with Gasteiger partial charge in [0, 0.05) is 92.4 Å². The van der Waals surface area contributed by atoms with E-state index in [1.165, 1.54) is 0 Å². The van der Waals surface area contributed by atoms with Gasteiger partial charge in [-0.1, -0.05) is 78.9 Å². The fraction of sp³-hybridized carbons (Fsp3) is 0. The normalized spacial score (nSPS) is 11.8. The lowest BCUT2D eigenvalue weighted by atomic mass is 10.0. The number of furan rings is 1. The molecule has 8 aromatic heterocycles. The van der Waals surface area contributed by atoms with Crippen molar-refractivity contribution < 1.29 is 4.42 Å². The molecule has 0 radical (unpaired) electrons. The zero-order chi connectivity index (χ0) is 41.4. The molecule has 0 aliphatic rings. The van der Waals surface area contributed by atoms with Gasteiger partial charge in [-0.25, -0.2) is 9.97 Å². The second-order valence-electron chi connectivity index (χ2n) is 15.8. The number of pyridine rings is 5. The van der Waals surface area contributed by atoms with Crippen molar-refractivity contribution in [2.24, 2.45) is 0 Å². The molecule has 0 aliphatic heterocycles. The van der Waals surface area contributed by atoms with Crippen molar-refractivity contribution in [2.45, 2.75) is 0 Å². The van der Waals surface area contributed by atoms with Crippen LogP contribution < -0.4 is 0 Å². The zero-order valence-corrected chi connectivity index (χ0v) is 33.6. The molecular formula is C55H33N7O. The van der Waals surface area contributed by atoms with E-state index in [2.05, 4.69) is 139 Å². The number of para-hydroxylation sites is 1. The third-order valence-corrected chi connectivity index (χ3v) is 12.2. The minimum absolute atomic E-state index is 0.798. The first-order chi connectivity index (χ1) is 31.2. The summed E-state index contributed by atoms with van der Waals surface area (Å²) in [7, 11) is 0. The predicted octanol–water partition coefficient (Wildman–Crippen LogP) is 13.4. The first-order valence-electron chi connectivity index (χ1n) is 20.9. The van der Waals surface area contributed by atoms with Crippen LogP contribution in [0.1, 0.15) is 0 Å². The van der Waals surface area contributed by atoms with Crippen LogP contribution in [0.15, 0.2) is 205 Å². The second kappa shape index (κ2) is 13.9. The Morgan fingerprint density at radius 2 is 0.857 bits per heavy atom. The van der Waals surface area contributed by atoms with E-state index >= 15 is 0 Å². The van der Waals surface area contributed by atoms with E-state index in [-0.39, 0.29) is 0 Å². The molecule has 0 atom stereocenters. The van der Waals surface area contributed by atoms with Crippen LogP contribution in [0, 0.1) is 0 Å². The summed E-state index contributed by atoms with van der Waals surface area (Å²) in [6.45, 7) is 0. The highest BCUT2D eigenvalue weighted by atomic mass is 16.3. The Labute approximate surface area is 360 Å². The molecule has 13 aromatic rings. The van der Waals surface area contributed by atoms with Crippen LogP contribution in [0.25, 0.3) is 122 Å². The van der Waals surface area contributed by atoms with Gasteiger partial charge < -0.3 is 13.6 Å². The molecule has 8 nitrogen and oxygen atoms in total. The van der Waals surface area contributed by atoms with Gasteiger partial charge in [-0.05, 0) is 96.1 Å². The van der Waals surface area contributed by atoms with E-state index in [9.17, 15) is 0 Å². The summed E-state index contributed by atoms with van der Waals surface area (Å²) < 4.78 is 10.8. The van der Waals surface area contributed by atoms with Crippen molar-refractivity contribution >= 4 is 65.8 Å². The molecule has 5 aromatic carbocycles. The summed E-state index contributed by atoms with van der Waals surface area (Å²) in [4.78, 5) is 24.7. The highest BCUT2D eigenvalue weighted by molar-refractivity contribution is 6.12. The summed E-state index contributed by atoms with van der Waals surface area (Å²) in [5, 5.41) is 4.33. The molecule has 0 bridgehead atoms. The minimum atomic E-state index is 0.798. The van der Waals surface area contributed by atoms with Crippen molar-refractivity contribution in [3.8, 4) is 56.1 Å². The lowest BCUT2D eigenvalue weighted by Crippen LogP contribution is -1.96. The van der Waals surface area contributed by atoms with Crippen molar-refractivity contribution in [1.29, 1.82) is 0 Å². The van der Waals surface area contributed by atoms with E-state index in [0.29, 0.717) is 0 Å². The van der Waals surface area contributed by atoms with Gasteiger partial charge in [0.2, 0.25) is 0 Å². The molecule has 0 saturated carbocycles. The lowest BCUT2D eigenvalue weighted by molar-refractivity contribution is 0.669. The van der Waals surface area contributed by atoms with Crippen LogP contribution in [0.3, 0.4) is 0 Å². The Kier molecular flexibility index (Phi) is 7.74. The number of hydrogen-bond donors (Lipinski definition) is 0. The maximum atomic E-state index is 6.20. The monoisotopic (exact) mass is 807 g/mol. The molecule has 8 heterocycles. The lowest BCUT2D eigenvalue weighted by Gasteiger charge is -2.11. The van der Waals surface area contributed by atoms with Crippen molar-refractivity contribution in [1.82, 2.24) is 34.1 Å². The maximum Gasteiger partial charge on any atom is 0.135 e. The summed E-state index contributed by atoms with van der Waals surface area (Å²) in [5.74, 6) is 0. The summed E-state index contributed by atoms with van der Waals surface area (Å²) in [6.07, 6.45) is 11.4. The minimum Gasteiger partial charge on any atom is -0.456 e. The third-order valence-electron chi connectivity index (χ3n) is 12.2. The third kappa shape index (κ3) is 5.66. The standard InChI is InChI=1S/C55H33N7O/c1-3-9-34(10-4-1)36-25-38(31-57-29-36)46-17-20-50-54(59-46)55-51(21-18-47(60-55)39-26-37(30-58-32-39)35-11-5-2-6-12-35)62(50)40-15-19-48-43(27-40)45-33-56-24-23-49(45)61(48)41-16-22-53-44(28-41)42-13-7-8-14-52(42)63-53/h1-33H. The molecule has 0 unspecified atom stereocenters. The van der Waals surface area contributed by atoms with Gasteiger partial charge >= 0.3 is 0 Å². The largest absolute Gasteiger partial charge is 0.456 e. The summed E-state index contributed by atoms with van der Waals surface area (Å²) >= 11 is 0. The SMILES string of the molecule is c1ccc(-c2cncc(-c3ccc4c(n3)c3nc(-c5cncc(-c6ccccc6)c5)ccc3n4-c3ccc4c(c3)c3cnccc3n4-c3ccc4oc5ccccc5c4c3)c2)cc1. The molecular weight excluding hydrogens is 775 g/mol. The quantitative estimate of drug-likeness (QED) is 0.166. The van der Waals surface area contributed by atoms with Crippen molar-refractivity contribution in [3.05, 3.63) is 201 Å². The average molecular weight is 808 g/mol. The number of fused-ring (bicyclic) bond motifs is 9. The van der Waals surface area contributed by atoms with Gasteiger partial charge in [-0.15, -0.1) is 0 Å². The van der Waals surface area contributed by atoms with Gasteiger partial charge in [0.25, 0.3) is 0 Å². The van der Waals surface area contributed by atoms with Crippen molar-refractivity contribution in [3.63, 3.8) is 0 Å². The molecule has 294 valence electrons. The number of nitrogens with zero attached hydrogens (tertiary/aromatic N) is 7. The Morgan fingerprint density at radius 3 is 1.52 bits per heavy atom. The van der Waals surface area contributed by atoms with E-state index in [4.69, 9.17) is 14.4 Å². The number of aromatic nitrogens is 7. The Balaban J connectivity index is 1.01. The highest BCUT2D eigenvalue weighted by Gasteiger charge is 2.21. The van der Waals surface area contributed by atoms with Gasteiger partial charge in [-0.2, -0.15) is 0 Å². The van der Waals surface area contributed by atoms with Crippen LogP contribution in [-0.4, -0.2) is 34.1 Å². The van der Waals surface area contributed by atoms with E-state index in [1.54, 1.807) is 0 Å².